The van der Waals surface area contributed by atoms with Crippen molar-refractivity contribution in [3.8, 4) is 0 Å². The Bertz CT molecular complexity index is 832. The fourth-order valence-corrected chi connectivity index (χ4v) is 3.80. The molecule has 1 unspecified atom stereocenters. The lowest BCUT2D eigenvalue weighted by atomic mass is 10.0. The van der Waals surface area contributed by atoms with Crippen LogP contribution in [0.5, 0.6) is 0 Å². The number of nitrogens with one attached hydrogen (secondary N) is 2. The van der Waals surface area contributed by atoms with Gasteiger partial charge >= 0.3 is 0 Å². The predicted molar refractivity (Wildman–Crippen MR) is 120 cm³/mol. The van der Waals surface area contributed by atoms with Gasteiger partial charge in [0.1, 0.15) is 0 Å². The molecule has 2 fully saturated rings. The number of hydrogen-bond acceptors (Lipinski definition) is 4. The smallest absolute Gasteiger partial charge is 0.254 e. The second kappa shape index (κ2) is 10.5. The predicted octanol–water partition coefficient (Wildman–Crippen LogP) is 3.64. The van der Waals surface area contributed by atoms with Crippen LogP contribution in [0.4, 0.5) is 5.69 Å². The van der Waals surface area contributed by atoms with Crippen molar-refractivity contribution in [2.24, 2.45) is 5.92 Å². The first-order valence-corrected chi connectivity index (χ1v) is 10.5. The number of carbonyl (C=O) groups is 2. The third-order valence-electron chi connectivity index (χ3n) is 5.65. The number of carbonyl (C=O) groups excluding carboxylic acids is 2. The minimum absolute atomic E-state index is 0. The van der Waals surface area contributed by atoms with Crippen LogP contribution >= 0.6 is 12.4 Å². The number of nitrogens with zero attached hydrogens (tertiary/aromatic N) is 2. The van der Waals surface area contributed by atoms with Crippen molar-refractivity contribution < 1.29 is 9.59 Å². The number of aromatic nitrogens is 1. The maximum absolute atomic E-state index is 13.4. The molecule has 1 aliphatic heterocycles. The second-order valence-electron chi connectivity index (χ2n) is 7.93. The van der Waals surface area contributed by atoms with Crippen molar-refractivity contribution in [1.82, 2.24) is 15.2 Å². The summed E-state index contributed by atoms with van der Waals surface area (Å²) in [4.78, 5) is 31.7. The number of hydrogen-bond donors (Lipinski definition) is 2. The normalized spacial score (nSPS) is 18.6. The Morgan fingerprint density at radius 3 is 2.53 bits per heavy atom. The number of benzene rings is 1. The molecule has 1 atom stereocenters. The van der Waals surface area contributed by atoms with Crippen LogP contribution in [-0.2, 0) is 11.3 Å². The van der Waals surface area contributed by atoms with Gasteiger partial charge in [-0.05, 0) is 81.6 Å². The molecule has 7 heteroatoms. The Kier molecular flexibility index (Phi) is 7.82. The number of amides is 2. The number of anilines is 1. The molecule has 2 aliphatic rings. The van der Waals surface area contributed by atoms with Gasteiger partial charge in [0.15, 0.2) is 0 Å². The first-order valence-electron chi connectivity index (χ1n) is 10.5. The van der Waals surface area contributed by atoms with Gasteiger partial charge in [-0.2, -0.15) is 0 Å². The topological polar surface area (TPSA) is 74.3 Å². The first-order chi connectivity index (χ1) is 14.2. The molecule has 30 heavy (non-hydrogen) atoms. The molecule has 0 bridgehead atoms. The summed E-state index contributed by atoms with van der Waals surface area (Å²) in [6.07, 6.45) is 6.70. The summed E-state index contributed by atoms with van der Waals surface area (Å²) in [6, 6.07) is 13.3. The summed E-state index contributed by atoms with van der Waals surface area (Å²) >= 11 is 0. The van der Waals surface area contributed by atoms with E-state index in [4.69, 9.17) is 0 Å². The van der Waals surface area contributed by atoms with Gasteiger partial charge in [-0.25, -0.2) is 0 Å². The van der Waals surface area contributed by atoms with Crippen molar-refractivity contribution in [3.63, 3.8) is 0 Å². The van der Waals surface area contributed by atoms with Crippen LogP contribution in [0.25, 0.3) is 0 Å². The van der Waals surface area contributed by atoms with Crippen LogP contribution in [0.1, 0.15) is 48.2 Å². The highest BCUT2D eigenvalue weighted by atomic mass is 35.5. The molecule has 2 N–H and O–H groups in total. The Hall–Kier alpha value is -2.44. The Labute approximate surface area is 183 Å². The zero-order chi connectivity index (χ0) is 20.1. The van der Waals surface area contributed by atoms with Gasteiger partial charge in [0.05, 0.1) is 12.2 Å². The summed E-state index contributed by atoms with van der Waals surface area (Å²) in [7, 11) is 0. The molecule has 1 aliphatic carbocycles. The van der Waals surface area contributed by atoms with E-state index in [0.29, 0.717) is 12.1 Å². The molecule has 160 valence electrons. The number of pyridine rings is 1. The van der Waals surface area contributed by atoms with Crippen LogP contribution < -0.4 is 10.6 Å². The van der Waals surface area contributed by atoms with E-state index in [1.807, 2.05) is 47.4 Å². The third kappa shape index (κ3) is 5.80. The zero-order valence-electron chi connectivity index (χ0n) is 17.0. The van der Waals surface area contributed by atoms with Gasteiger partial charge < -0.3 is 15.5 Å². The van der Waals surface area contributed by atoms with E-state index in [1.165, 1.54) is 0 Å². The van der Waals surface area contributed by atoms with E-state index in [2.05, 4.69) is 15.6 Å². The molecule has 1 aromatic carbocycles. The van der Waals surface area contributed by atoms with Gasteiger partial charge in [-0.15, -0.1) is 12.4 Å². The fourth-order valence-electron chi connectivity index (χ4n) is 3.80. The van der Waals surface area contributed by atoms with E-state index < -0.39 is 0 Å². The highest BCUT2D eigenvalue weighted by Crippen LogP contribution is 2.30. The van der Waals surface area contributed by atoms with Crippen LogP contribution in [0.15, 0.2) is 48.7 Å². The lowest BCUT2D eigenvalue weighted by Gasteiger charge is -2.31. The maximum Gasteiger partial charge on any atom is 0.254 e. The van der Waals surface area contributed by atoms with Gasteiger partial charge in [0, 0.05) is 29.4 Å². The molecule has 1 saturated heterocycles. The molecule has 0 radical (unpaired) electrons. The largest absolute Gasteiger partial charge is 0.330 e. The Morgan fingerprint density at radius 2 is 1.83 bits per heavy atom. The average molecular weight is 429 g/mol. The van der Waals surface area contributed by atoms with Crippen LogP contribution in [0.2, 0.25) is 0 Å². The quantitative estimate of drug-likeness (QED) is 0.736. The minimum atomic E-state index is 0. The molecule has 2 amide bonds. The van der Waals surface area contributed by atoms with Crippen molar-refractivity contribution in [3.05, 3.63) is 59.9 Å². The molecule has 0 spiro atoms. The summed E-state index contributed by atoms with van der Waals surface area (Å²) in [6.45, 7) is 2.42. The molecule has 2 aromatic rings. The highest BCUT2D eigenvalue weighted by Gasteiger charge is 2.30. The van der Waals surface area contributed by atoms with Crippen molar-refractivity contribution >= 4 is 29.9 Å². The lowest BCUT2D eigenvalue weighted by molar-refractivity contribution is -0.117. The summed E-state index contributed by atoms with van der Waals surface area (Å²) in [5.74, 6) is 0.253. The van der Waals surface area contributed by atoms with Gasteiger partial charge in [-0.1, -0.05) is 6.07 Å². The minimum Gasteiger partial charge on any atom is -0.330 e. The standard InChI is InChI=1S/C23H28N4O2.ClH/c28-22(17-6-7-17)26-19-10-8-18(9-11-19)23(29)27(16-20-4-1-2-14-25-20)21-5-3-13-24-15-12-21;/h1-2,4,8-11,14,17,21,24H,3,5-7,12-13,15-16H2,(H,26,28);1H. The number of rotatable bonds is 6. The van der Waals surface area contributed by atoms with Crippen molar-refractivity contribution in [2.45, 2.75) is 44.7 Å². The van der Waals surface area contributed by atoms with Crippen molar-refractivity contribution in [2.75, 3.05) is 18.4 Å². The lowest BCUT2D eigenvalue weighted by Crippen LogP contribution is -2.40. The molecule has 6 nitrogen and oxygen atoms in total. The molecular weight excluding hydrogens is 400 g/mol. The number of halogens is 1. The van der Waals surface area contributed by atoms with Gasteiger partial charge in [-0.3, -0.25) is 14.6 Å². The van der Waals surface area contributed by atoms with Gasteiger partial charge in [0.25, 0.3) is 5.91 Å². The SMILES string of the molecule is Cl.O=C(Nc1ccc(C(=O)N(Cc2ccccn2)C2CCCNCC2)cc1)C1CC1. The molecule has 1 aromatic heterocycles. The summed E-state index contributed by atoms with van der Waals surface area (Å²) in [5, 5.41) is 6.35. The zero-order valence-corrected chi connectivity index (χ0v) is 17.9. The monoisotopic (exact) mass is 428 g/mol. The van der Waals surface area contributed by atoms with E-state index in [0.717, 1.165) is 56.6 Å². The second-order valence-corrected chi connectivity index (χ2v) is 7.93. The fraction of sp³-hybridized carbons (Fsp3) is 0.435. The average Bonchev–Trinajstić information content (AvgIpc) is 3.60. The van der Waals surface area contributed by atoms with Gasteiger partial charge in [0.2, 0.25) is 5.91 Å². The molecule has 2 heterocycles. The van der Waals surface area contributed by atoms with Crippen molar-refractivity contribution in [1.29, 1.82) is 0 Å². The summed E-state index contributed by atoms with van der Waals surface area (Å²) < 4.78 is 0. The van der Waals surface area contributed by atoms with Crippen LogP contribution in [0, 0.1) is 5.92 Å². The summed E-state index contributed by atoms with van der Waals surface area (Å²) in [5.41, 5.74) is 2.28. The van der Waals surface area contributed by atoms with E-state index in [9.17, 15) is 9.59 Å². The third-order valence-corrected chi connectivity index (χ3v) is 5.65. The van der Waals surface area contributed by atoms with Crippen LogP contribution in [-0.4, -0.2) is 40.8 Å². The first kappa shape index (κ1) is 22.2. The highest BCUT2D eigenvalue weighted by molar-refractivity contribution is 5.97. The Morgan fingerprint density at radius 1 is 1.03 bits per heavy atom. The molecule has 1 saturated carbocycles. The van der Waals surface area contributed by atoms with E-state index in [1.54, 1.807) is 6.20 Å². The van der Waals surface area contributed by atoms with E-state index in [-0.39, 0.29) is 36.2 Å². The Balaban J connectivity index is 0.00000256. The van der Waals surface area contributed by atoms with Crippen LogP contribution in [0.3, 0.4) is 0 Å². The van der Waals surface area contributed by atoms with E-state index >= 15 is 0 Å². The maximum atomic E-state index is 13.4. The molecule has 4 rings (SSSR count). The molecular formula is C23H29ClN4O2.